The van der Waals surface area contributed by atoms with Crippen LogP contribution >= 0.6 is 0 Å². The van der Waals surface area contributed by atoms with E-state index in [4.69, 9.17) is 9.84 Å². The first kappa shape index (κ1) is 19.7. The van der Waals surface area contributed by atoms with E-state index in [0.717, 1.165) is 23.3 Å². The standard InChI is InChI=1S/C23H26N2O3/c1-4-17-10-12-18(13-11-17)20-15-21(19-8-6-7-9-22(19)26)25(24-20)16(3)14-23(27)28-5-2/h6-14,21,26H,4-5,15H2,1-3H3. The Bertz CT molecular complexity index is 900. The van der Waals surface area contributed by atoms with Crippen molar-refractivity contribution in [1.29, 1.82) is 0 Å². The Morgan fingerprint density at radius 3 is 2.57 bits per heavy atom. The van der Waals surface area contributed by atoms with Crippen LogP contribution in [0.25, 0.3) is 0 Å². The van der Waals surface area contributed by atoms with Gasteiger partial charge in [-0.05, 0) is 37.5 Å². The van der Waals surface area contributed by atoms with Crippen LogP contribution in [0.2, 0.25) is 0 Å². The van der Waals surface area contributed by atoms with Crippen LogP contribution in [-0.2, 0) is 16.0 Å². The SMILES string of the molecule is CCOC(=O)C=C(C)N1N=C(c2ccc(CC)cc2)CC1c1ccccc1O. The number of benzene rings is 2. The molecule has 1 unspecified atom stereocenters. The summed E-state index contributed by atoms with van der Waals surface area (Å²) in [6.45, 7) is 6.06. The second-order valence-corrected chi connectivity index (χ2v) is 6.76. The highest BCUT2D eigenvalue weighted by molar-refractivity contribution is 6.02. The number of rotatable bonds is 6. The predicted molar refractivity (Wildman–Crippen MR) is 110 cm³/mol. The van der Waals surface area contributed by atoms with E-state index in [1.807, 2.05) is 19.1 Å². The van der Waals surface area contributed by atoms with Crippen molar-refractivity contribution in [1.82, 2.24) is 5.01 Å². The Balaban J connectivity index is 1.97. The van der Waals surface area contributed by atoms with E-state index in [0.29, 0.717) is 18.7 Å². The fourth-order valence-corrected chi connectivity index (χ4v) is 3.37. The molecule has 2 aromatic rings. The van der Waals surface area contributed by atoms with Crippen LogP contribution in [-0.4, -0.2) is 28.4 Å². The van der Waals surface area contributed by atoms with Gasteiger partial charge < -0.3 is 9.84 Å². The van der Waals surface area contributed by atoms with Crippen LogP contribution in [0.4, 0.5) is 0 Å². The van der Waals surface area contributed by atoms with E-state index in [1.165, 1.54) is 11.6 Å². The zero-order valence-electron chi connectivity index (χ0n) is 16.6. The molecule has 0 saturated carbocycles. The highest BCUT2D eigenvalue weighted by Crippen LogP contribution is 2.39. The van der Waals surface area contributed by atoms with Crippen molar-refractivity contribution in [2.45, 2.75) is 39.7 Å². The third kappa shape index (κ3) is 4.25. The molecule has 146 valence electrons. The molecule has 1 N–H and O–H groups in total. The maximum absolute atomic E-state index is 11.9. The van der Waals surface area contributed by atoms with E-state index in [2.05, 4.69) is 31.2 Å². The van der Waals surface area contributed by atoms with Crippen LogP contribution < -0.4 is 0 Å². The lowest BCUT2D eigenvalue weighted by Gasteiger charge is -2.24. The van der Waals surface area contributed by atoms with Crippen molar-refractivity contribution in [2.24, 2.45) is 5.10 Å². The third-order valence-electron chi connectivity index (χ3n) is 4.88. The number of hydrogen-bond acceptors (Lipinski definition) is 5. The number of hydrogen-bond donors (Lipinski definition) is 1. The number of carbonyl (C=O) groups excluding carboxylic acids is 1. The Morgan fingerprint density at radius 1 is 1.21 bits per heavy atom. The molecule has 1 aliphatic heterocycles. The third-order valence-corrected chi connectivity index (χ3v) is 4.88. The summed E-state index contributed by atoms with van der Waals surface area (Å²) in [7, 11) is 0. The quantitative estimate of drug-likeness (QED) is 0.591. The summed E-state index contributed by atoms with van der Waals surface area (Å²) in [5, 5.41) is 17.0. The number of aromatic hydroxyl groups is 1. The Morgan fingerprint density at radius 2 is 1.93 bits per heavy atom. The van der Waals surface area contributed by atoms with Crippen LogP contribution in [0, 0.1) is 0 Å². The van der Waals surface area contributed by atoms with Crippen molar-refractivity contribution >= 4 is 11.7 Å². The molecule has 28 heavy (non-hydrogen) atoms. The molecule has 0 spiro atoms. The molecule has 1 atom stereocenters. The Kier molecular flexibility index (Phi) is 6.14. The van der Waals surface area contributed by atoms with Gasteiger partial charge in [0.15, 0.2) is 0 Å². The molecule has 2 aromatic carbocycles. The van der Waals surface area contributed by atoms with E-state index >= 15 is 0 Å². The summed E-state index contributed by atoms with van der Waals surface area (Å²) in [6, 6.07) is 15.4. The number of aryl methyl sites for hydroxylation is 1. The molecule has 5 heteroatoms. The first-order valence-electron chi connectivity index (χ1n) is 9.62. The van der Waals surface area contributed by atoms with E-state index in [9.17, 15) is 9.90 Å². The average Bonchev–Trinajstić information content (AvgIpc) is 3.14. The van der Waals surface area contributed by atoms with Crippen molar-refractivity contribution in [3.63, 3.8) is 0 Å². The molecule has 5 nitrogen and oxygen atoms in total. The van der Waals surface area contributed by atoms with Crippen LogP contribution in [0.15, 0.2) is 65.4 Å². The molecular formula is C23H26N2O3. The van der Waals surface area contributed by atoms with E-state index in [1.54, 1.807) is 24.1 Å². The number of para-hydroxylation sites is 1. The molecule has 0 amide bonds. The predicted octanol–water partition coefficient (Wildman–Crippen LogP) is 4.57. The van der Waals surface area contributed by atoms with Gasteiger partial charge in [-0.3, -0.25) is 5.01 Å². The Labute approximate surface area is 166 Å². The number of phenolic OH excluding ortho intramolecular Hbond substituents is 1. The highest BCUT2D eigenvalue weighted by Gasteiger charge is 2.31. The lowest BCUT2D eigenvalue weighted by Crippen LogP contribution is -2.19. The van der Waals surface area contributed by atoms with Gasteiger partial charge >= 0.3 is 5.97 Å². The van der Waals surface area contributed by atoms with Gasteiger partial charge in [0.2, 0.25) is 0 Å². The minimum Gasteiger partial charge on any atom is -0.508 e. The van der Waals surface area contributed by atoms with Crippen molar-refractivity contribution in [3.05, 3.63) is 77.0 Å². The summed E-state index contributed by atoms with van der Waals surface area (Å²) in [4.78, 5) is 11.9. The van der Waals surface area contributed by atoms with Gasteiger partial charge in [0.05, 0.1) is 18.4 Å². The summed E-state index contributed by atoms with van der Waals surface area (Å²) in [6.07, 6.45) is 3.07. The molecule has 1 aliphatic rings. The van der Waals surface area contributed by atoms with Crippen LogP contribution in [0.5, 0.6) is 5.75 Å². The number of esters is 1. The first-order chi connectivity index (χ1) is 13.5. The smallest absolute Gasteiger partial charge is 0.332 e. The molecule has 3 rings (SSSR count). The average molecular weight is 378 g/mol. The number of ether oxygens (including phenoxy) is 1. The van der Waals surface area contributed by atoms with Gasteiger partial charge in [0.25, 0.3) is 0 Å². The highest BCUT2D eigenvalue weighted by atomic mass is 16.5. The lowest BCUT2D eigenvalue weighted by molar-refractivity contribution is -0.137. The molecule has 0 saturated heterocycles. The zero-order chi connectivity index (χ0) is 20.1. The second-order valence-electron chi connectivity index (χ2n) is 6.76. The minimum atomic E-state index is -0.396. The zero-order valence-corrected chi connectivity index (χ0v) is 16.6. The van der Waals surface area contributed by atoms with Crippen LogP contribution in [0.1, 0.15) is 49.9 Å². The lowest BCUT2D eigenvalue weighted by atomic mass is 9.97. The van der Waals surface area contributed by atoms with E-state index < -0.39 is 5.97 Å². The largest absolute Gasteiger partial charge is 0.508 e. The number of allylic oxidation sites excluding steroid dienone is 1. The molecule has 0 bridgehead atoms. The minimum absolute atomic E-state index is 0.187. The second kappa shape index (κ2) is 8.74. The normalized spacial score (nSPS) is 16.8. The fraction of sp³-hybridized carbons (Fsp3) is 0.304. The molecule has 0 aliphatic carbocycles. The van der Waals surface area contributed by atoms with Gasteiger partial charge in [-0.2, -0.15) is 5.10 Å². The van der Waals surface area contributed by atoms with Crippen molar-refractivity contribution < 1.29 is 14.6 Å². The maximum atomic E-state index is 11.9. The summed E-state index contributed by atoms with van der Waals surface area (Å²) in [5.41, 5.74) is 4.70. The monoisotopic (exact) mass is 378 g/mol. The van der Waals surface area contributed by atoms with Crippen molar-refractivity contribution in [3.8, 4) is 5.75 Å². The van der Waals surface area contributed by atoms with Gasteiger partial charge in [-0.25, -0.2) is 4.79 Å². The Hall–Kier alpha value is -3.08. The van der Waals surface area contributed by atoms with Crippen LogP contribution in [0.3, 0.4) is 0 Å². The topological polar surface area (TPSA) is 62.1 Å². The molecule has 0 fully saturated rings. The molecular weight excluding hydrogens is 352 g/mol. The summed E-state index contributed by atoms with van der Waals surface area (Å²) >= 11 is 0. The number of phenols is 1. The summed E-state index contributed by atoms with van der Waals surface area (Å²) in [5.74, 6) is -0.175. The summed E-state index contributed by atoms with van der Waals surface area (Å²) < 4.78 is 5.03. The maximum Gasteiger partial charge on any atom is 0.332 e. The number of hydrazone groups is 1. The van der Waals surface area contributed by atoms with Gasteiger partial charge in [0, 0.05) is 23.8 Å². The van der Waals surface area contributed by atoms with Gasteiger partial charge in [-0.1, -0.05) is 49.4 Å². The van der Waals surface area contributed by atoms with E-state index in [-0.39, 0.29) is 11.8 Å². The van der Waals surface area contributed by atoms with Gasteiger partial charge in [0.1, 0.15) is 5.75 Å². The molecule has 0 aromatic heterocycles. The molecule has 0 radical (unpaired) electrons. The van der Waals surface area contributed by atoms with Gasteiger partial charge in [-0.15, -0.1) is 0 Å². The number of carbonyl (C=O) groups is 1. The first-order valence-corrected chi connectivity index (χ1v) is 9.62. The molecule has 1 heterocycles. The number of nitrogens with zero attached hydrogens (tertiary/aromatic N) is 2. The van der Waals surface area contributed by atoms with Crippen molar-refractivity contribution in [2.75, 3.05) is 6.61 Å². The fourth-order valence-electron chi connectivity index (χ4n) is 3.37.